The molecular formula is C16H27NO5. The first-order valence-electron chi connectivity index (χ1n) is 8.22. The number of nitrogens with one attached hydrogen (secondary N) is 1. The Morgan fingerprint density at radius 1 is 1.18 bits per heavy atom. The zero-order valence-corrected chi connectivity index (χ0v) is 13.4. The van der Waals surface area contributed by atoms with Crippen molar-refractivity contribution in [3.05, 3.63) is 0 Å². The molecule has 0 atom stereocenters. The van der Waals surface area contributed by atoms with E-state index >= 15 is 0 Å². The Morgan fingerprint density at radius 3 is 2.36 bits per heavy atom. The number of rotatable bonds is 8. The quantitative estimate of drug-likeness (QED) is 0.665. The summed E-state index contributed by atoms with van der Waals surface area (Å²) in [4.78, 5) is 24.2. The van der Waals surface area contributed by atoms with Gasteiger partial charge in [-0.3, -0.25) is 9.59 Å². The average Bonchev–Trinajstić information content (AvgIpc) is 2.48. The van der Waals surface area contributed by atoms with E-state index in [0.29, 0.717) is 39.3 Å². The van der Waals surface area contributed by atoms with Gasteiger partial charge in [0.15, 0.2) is 0 Å². The third-order valence-electron chi connectivity index (χ3n) is 5.21. The molecule has 1 amide bonds. The van der Waals surface area contributed by atoms with Crippen molar-refractivity contribution in [2.45, 2.75) is 45.4 Å². The maximum Gasteiger partial charge on any atom is 0.311 e. The van der Waals surface area contributed by atoms with Gasteiger partial charge in [-0.05, 0) is 39.0 Å². The topological polar surface area (TPSA) is 84.9 Å². The Morgan fingerprint density at radius 2 is 1.86 bits per heavy atom. The van der Waals surface area contributed by atoms with Gasteiger partial charge in [-0.15, -0.1) is 0 Å². The van der Waals surface area contributed by atoms with Crippen molar-refractivity contribution in [1.29, 1.82) is 0 Å². The fourth-order valence-corrected chi connectivity index (χ4v) is 3.27. The smallest absolute Gasteiger partial charge is 0.311 e. The van der Waals surface area contributed by atoms with E-state index in [1.54, 1.807) is 0 Å². The van der Waals surface area contributed by atoms with E-state index in [1.165, 1.54) is 0 Å². The number of carboxylic acid groups (broad SMARTS) is 1. The molecule has 0 aromatic rings. The Labute approximate surface area is 131 Å². The fraction of sp³-hybridized carbons (Fsp3) is 0.875. The van der Waals surface area contributed by atoms with Gasteiger partial charge in [-0.1, -0.05) is 6.42 Å². The van der Waals surface area contributed by atoms with Crippen LogP contribution in [0.5, 0.6) is 0 Å². The Kier molecular flexibility index (Phi) is 5.81. The lowest BCUT2D eigenvalue weighted by Crippen LogP contribution is -2.52. The normalized spacial score (nSPS) is 22.6. The van der Waals surface area contributed by atoms with Gasteiger partial charge in [0.25, 0.3) is 0 Å². The highest BCUT2D eigenvalue weighted by atomic mass is 16.5. The minimum atomic E-state index is -0.876. The number of carbonyl (C=O) groups is 2. The van der Waals surface area contributed by atoms with Crippen LogP contribution in [0.25, 0.3) is 0 Å². The Hall–Kier alpha value is -1.14. The molecule has 0 spiro atoms. The zero-order chi connectivity index (χ0) is 16.1. The summed E-state index contributed by atoms with van der Waals surface area (Å²) in [5.41, 5.74) is -1.22. The number of aliphatic carboxylic acids is 1. The Bertz CT molecular complexity index is 399. The summed E-state index contributed by atoms with van der Waals surface area (Å²) in [6.07, 6.45) is 4.42. The first-order valence-corrected chi connectivity index (χ1v) is 8.22. The highest BCUT2D eigenvalue weighted by molar-refractivity contribution is 5.84. The molecule has 6 nitrogen and oxygen atoms in total. The zero-order valence-electron chi connectivity index (χ0n) is 13.4. The maximum atomic E-state index is 12.6. The van der Waals surface area contributed by atoms with Crippen molar-refractivity contribution in [3.63, 3.8) is 0 Å². The molecule has 22 heavy (non-hydrogen) atoms. The molecule has 6 heteroatoms. The van der Waals surface area contributed by atoms with Crippen LogP contribution < -0.4 is 5.32 Å². The molecule has 0 bridgehead atoms. The maximum absolute atomic E-state index is 12.6. The second kappa shape index (κ2) is 7.42. The lowest BCUT2D eigenvalue weighted by Gasteiger charge is -2.41. The molecule has 2 N–H and O–H groups in total. The standard InChI is InChI=1S/C16H27NO5/c1-2-21-9-6-15(4-3-5-15)13(18)17-12-16(14(19)20)7-10-22-11-8-16/h2-12H2,1H3,(H,17,18)(H,19,20). The summed E-state index contributed by atoms with van der Waals surface area (Å²) in [5.74, 6) is -0.848. The van der Waals surface area contributed by atoms with Gasteiger partial charge in [0.05, 0.1) is 10.8 Å². The van der Waals surface area contributed by atoms with Gasteiger partial charge in [-0.2, -0.15) is 0 Å². The minimum Gasteiger partial charge on any atom is -0.481 e. The first-order chi connectivity index (χ1) is 10.5. The van der Waals surface area contributed by atoms with Gasteiger partial charge >= 0.3 is 5.97 Å². The van der Waals surface area contributed by atoms with Crippen molar-refractivity contribution in [1.82, 2.24) is 5.32 Å². The number of amides is 1. The summed E-state index contributed by atoms with van der Waals surface area (Å²) in [5, 5.41) is 12.4. The lowest BCUT2D eigenvalue weighted by atomic mass is 9.66. The molecule has 126 valence electrons. The van der Waals surface area contributed by atoms with E-state index < -0.39 is 11.4 Å². The highest BCUT2D eigenvalue weighted by Gasteiger charge is 2.46. The number of hydrogen-bond acceptors (Lipinski definition) is 4. The van der Waals surface area contributed by atoms with Crippen LogP contribution in [0.2, 0.25) is 0 Å². The number of carboxylic acids is 1. The van der Waals surface area contributed by atoms with Crippen LogP contribution in [0.4, 0.5) is 0 Å². The largest absolute Gasteiger partial charge is 0.481 e. The third kappa shape index (κ3) is 3.60. The molecule has 0 unspecified atom stereocenters. The molecule has 1 heterocycles. The number of carbonyl (C=O) groups excluding carboxylic acids is 1. The van der Waals surface area contributed by atoms with Gasteiger partial charge in [0.2, 0.25) is 5.91 Å². The number of hydrogen-bond donors (Lipinski definition) is 2. The van der Waals surface area contributed by atoms with Crippen LogP contribution in [0.3, 0.4) is 0 Å². The predicted octanol–water partition coefficient (Wildman–Crippen LogP) is 1.58. The third-order valence-corrected chi connectivity index (χ3v) is 5.21. The SMILES string of the molecule is CCOCCC1(C(=O)NCC2(C(=O)O)CCOCC2)CCC1. The minimum absolute atomic E-state index is 0.00873. The molecule has 2 fully saturated rings. The monoisotopic (exact) mass is 313 g/mol. The van der Waals surface area contributed by atoms with Crippen molar-refractivity contribution >= 4 is 11.9 Å². The molecule has 0 aromatic carbocycles. The summed E-state index contributed by atoms with van der Waals surface area (Å²) in [7, 11) is 0. The molecule has 1 saturated carbocycles. The van der Waals surface area contributed by atoms with Gasteiger partial charge in [0.1, 0.15) is 0 Å². The van der Waals surface area contributed by atoms with Crippen molar-refractivity contribution < 1.29 is 24.2 Å². The number of ether oxygens (including phenoxy) is 2. The van der Waals surface area contributed by atoms with Crippen LogP contribution in [0.1, 0.15) is 45.4 Å². The molecular weight excluding hydrogens is 286 g/mol. The average molecular weight is 313 g/mol. The molecule has 0 aromatic heterocycles. The van der Waals surface area contributed by atoms with Crippen LogP contribution in [-0.2, 0) is 19.1 Å². The molecule has 2 rings (SSSR count). The van der Waals surface area contributed by atoms with Crippen LogP contribution in [0.15, 0.2) is 0 Å². The second-order valence-electron chi connectivity index (χ2n) is 6.46. The van der Waals surface area contributed by atoms with E-state index in [9.17, 15) is 14.7 Å². The van der Waals surface area contributed by atoms with E-state index in [1.807, 2.05) is 6.92 Å². The van der Waals surface area contributed by atoms with Crippen molar-refractivity contribution in [2.75, 3.05) is 33.0 Å². The Balaban J connectivity index is 1.91. The van der Waals surface area contributed by atoms with E-state index in [-0.39, 0.29) is 17.9 Å². The van der Waals surface area contributed by atoms with E-state index in [0.717, 1.165) is 25.7 Å². The lowest BCUT2D eigenvalue weighted by molar-refractivity contribution is -0.155. The summed E-state index contributed by atoms with van der Waals surface area (Å²) < 4.78 is 10.6. The second-order valence-corrected chi connectivity index (χ2v) is 6.46. The summed E-state index contributed by atoms with van der Waals surface area (Å²) in [6.45, 7) is 4.26. The first kappa shape index (κ1) is 17.2. The molecule has 1 aliphatic heterocycles. The summed E-state index contributed by atoms with van der Waals surface area (Å²) >= 11 is 0. The van der Waals surface area contributed by atoms with Gasteiger partial charge in [-0.25, -0.2) is 0 Å². The van der Waals surface area contributed by atoms with Gasteiger partial charge in [0, 0.05) is 33.0 Å². The van der Waals surface area contributed by atoms with Crippen LogP contribution in [-0.4, -0.2) is 50.0 Å². The molecule has 1 saturated heterocycles. The summed E-state index contributed by atoms with van der Waals surface area (Å²) in [6, 6.07) is 0. The highest BCUT2D eigenvalue weighted by Crippen LogP contribution is 2.44. The fourth-order valence-electron chi connectivity index (χ4n) is 3.27. The van der Waals surface area contributed by atoms with Crippen molar-refractivity contribution in [3.8, 4) is 0 Å². The molecule has 2 aliphatic rings. The van der Waals surface area contributed by atoms with Crippen LogP contribution >= 0.6 is 0 Å². The van der Waals surface area contributed by atoms with E-state index in [4.69, 9.17) is 9.47 Å². The molecule has 0 radical (unpaired) electrons. The molecule has 1 aliphatic carbocycles. The predicted molar refractivity (Wildman–Crippen MR) is 80.5 cm³/mol. The van der Waals surface area contributed by atoms with Gasteiger partial charge < -0.3 is 19.9 Å². The van der Waals surface area contributed by atoms with E-state index in [2.05, 4.69) is 5.32 Å². The van der Waals surface area contributed by atoms with Crippen LogP contribution in [0, 0.1) is 10.8 Å². The van der Waals surface area contributed by atoms with Crippen molar-refractivity contribution in [2.24, 2.45) is 10.8 Å².